The minimum Gasteiger partial charge on any atom is -0.489 e. The molecule has 1 aliphatic rings. The molecule has 1 amide bonds. The van der Waals surface area contributed by atoms with Gasteiger partial charge in [0.05, 0.1) is 10.0 Å². The van der Waals surface area contributed by atoms with Crippen molar-refractivity contribution in [2.75, 3.05) is 19.7 Å². The van der Waals surface area contributed by atoms with E-state index in [1.807, 2.05) is 26.8 Å². The fourth-order valence-electron chi connectivity index (χ4n) is 3.46. The average Bonchev–Trinajstić information content (AvgIpc) is 2.67. The van der Waals surface area contributed by atoms with Crippen molar-refractivity contribution in [3.63, 3.8) is 0 Å². The van der Waals surface area contributed by atoms with E-state index in [-0.39, 0.29) is 22.8 Å². The lowest BCUT2D eigenvalue weighted by Crippen LogP contribution is -2.43. The van der Waals surface area contributed by atoms with Crippen LogP contribution in [0.3, 0.4) is 0 Å². The van der Waals surface area contributed by atoms with E-state index in [0.717, 1.165) is 18.4 Å². The third-order valence-corrected chi connectivity index (χ3v) is 6.61. The molecule has 1 unspecified atom stereocenters. The smallest absolute Gasteiger partial charge is 0.410 e. The van der Waals surface area contributed by atoms with Gasteiger partial charge in [-0.15, -0.1) is 0 Å². The van der Waals surface area contributed by atoms with Gasteiger partial charge in [-0.05, 0) is 66.4 Å². The Kier molecular flexibility index (Phi) is 9.65. The Morgan fingerprint density at radius 3 is 2.34 bits per heavy atom. The zero-order chi connectivity index (χ0) is 24.1. The highest BCUT2D eigenvalue weighted by atomic mass is 35.5. The fourth-order valence-corrected chi connectivity index (χ4v) is 4.58. The highest BCUT2D eigenvalue weighted by Gasteiger charge is 2.34. The van der Waals surface area contributed by atoms with Crippen molar-refractivity contribution in [3.8, 4) is 5.75 Å². The van der Waals surface area contributed by atoms with E-state index in [4.69, 9.17) is 32.7 Å². The van der Waals surface area contributed by atoms with Crippen molar-refractivity contribution in [2.24, 2.45) is 5.92 Å². The zero-order valence-electron chi connectivity index (χ0n) is 20.0. The first-order valence-electron chi connectivity index (χ1n) is 10.9. The molecule has 32 heavy (non-hydrogen) atoms. The van der Waals surface area contributed by atoms with Gasteiger partial charge in [-0.3, -0.25) is 4.72 Å². The van der Waals surface area contributed by atoms with E-state index < -0.39 is 5.60 Å². The van der Waals surface area contributed by atoms with Crippen molar-refractivity contribution < 1.29 is 14.3 Å². The van der Waals surface area contributed by atoms with Crippen LogP contribution in [-0.2, 0) is 4.74 Å². The second-order valence-corrected chi connectivity index (χ2v) is 12.5. The summed E-state index contributed by atoms with van der Waals surface area (Å²) in [5.74, 6) is 0.979. The SMILES string of the molecule is C=CCOc1cc(Cl)c(Cl)cc1C(NSC(C)(C)C)C1CCN(C(=O)OC(C)(C)C)CC1. The Morgan fingerprint density at radius 2 is 1.81 bits per heavy atom. The molecule has 1 aromatic rings. The zero-order valence-corrected chi connectivity index (χ0v) is 22.3. The molecule has 5 nitrogen and oxygen atoms in total. The van der Waals surface area contributed by atoms with Gasteiger partial charge in [0.15, 0.2) is 0 Å². The van der Waals surface area contributed by atoms with Crippen LogP contribution in [0.1, 0.15) is 66.0 Å². The molecule has 0 saturated carbocycles. The van der Waals surface area contributed by atoms with Gasteiger partial charge in [0.1, 0.15) is 18.0 Å². The maximum Gasteiger partial charge on any atom is 0.410 e. The molecule has 1 N–H and O–H groups in total. The number of nitrogens with zero attached hydrogens (tertiary/aromatic N) is 1. The Hall–Kier alpha value is -1.08. The highest BCUT2D eigenvalue weighted by molar-refractivity contribution is 7.98. The minimum absolute atomic E-state index is 0.0189. The summed E-state index contributed by atoms with van der Waals surface area (Å²) in [6, 6.07) is 3.65. The quantitative estimate of drug-likeness (QED) is 0.313. The molecule has 0 aliphatic carbocycles. The van der Waals surface area contributed by atoms with Crippen LogP contribution in [0.4, 0.5) is 4.79 Å². The molecular weight excluding hydrogens is 467 g/mol. The van der Waals surface area contributed by atoms with Crippen LogP contribution in [0, 0.1) is 5.92 Å². The number of hydrogen-bond acceptors (Lipinski definition) is 5. The van der Waals surface area contributed by atoms with Crippen molar-refractivity contribution >= 4 is 41.2 Å². The predicted molar refractivity (Wildman–Crippen MR) is 136 cm³/mol. The Balaban J connectivity index is 2.26. The second-order valence-electron chi connectivity index (χ2n) is 10.0. The first kappa shape index (κ1) is 27.2. The number of halogens is 2. The molecule has 1 atom stereocenters. The summed E-state index contributed by atoms with van der Waals surface area (Å²) in [4.78, 5) is 14.3. The molecule has 0 bridgehead atoms. The van der Waals surface area contributed by atoms with Crippen LogP contribution in [0.15, 0.2) is 24.8 Å². The Labute approximate surface area is 207 Å². The lowest BCUT2D eigenvalue weighted by Gasteiger charge is -2.38. The summed E-state index contributed by atoms with van der Waals surface area (Å²) in [5, 5.41) is 0.947. The average molecular weight is 504 g/mol. The summed E-state index contributed by atoms with van der Waals surface area (Å²) >= 11 is 14.4. The normalized spacial score (nSPS) is 16.6. The number of piperidine rings is 1. The third-order valence-electron chi connectivity index (χ3n) is 4.90. The summed E-state index contributed by atoms with van der Waals surface area (Å²) < 4.78 is 15.2. The van der Waals surface area contributed by atoms with E-state index in [1.165, 1.54) is 0 Å². The Morgan fingerprint density at radius 1 is 1.22 bits per heavy atom. The van der Waals surface area contributed by atoms with Crippen molar-refractivity contribution in [1.82, 2.24) is 9.62 Å². The van der Waals surface area contributed by atoms with Crippen LogP contribution >= 0.6 is 35.1 Å². The maximum atomic E-state index is 12.5. The lowest BCUT2D eigenvalue weighted by atomic mass is 9.85. The van der Waals surface area contributed by atoms with Gasteiger partial charge >= 0.3 is 6.09 Å². The van der Waals surface area contributed by atoms with Crippen LogP contribution in [-0.4, -0.2) is 41.0 Å². The molecular formula is C24H36Cl2N2O3S. The number of carbonyl (C=O) groups is 1. The monoisotopic (exact) mass is 502 g/mol. The molecule has 180 valence electrons. The molecule has 1 aliphatic heterocycles. The Bertz CT molecular complexity index is 798. The summed E-state index contributed by atoms with van der Waals surface area (Å²) in [6.45, 7) is 17.6. The van der Waals surface area contributed by atoms with Gasteiger partial charge < -0.3 is 14.4 Å². The molecule has 1 aromatic carbocycles. The van der Waals surface area contributed by atoms with E-state index in [2.05, 4.69) is 32.1 Å². The third kappa shape index (κ3) is 8.36. The second kappa shape index (κ2) is 11.4. The summed E-state index contributed by atoms with van der Waals surface area (Å²) in [7, 11) is 0. The first-order chi connectivity index (χ1) is 14.8. The predicted octanol–water partition coefficient (Wildman–Crippen LogP) is 7.28. The topological polar surface area (TPSA) is 50.8 Å². The number of amides is 1. The molecule has 1 saturated heterocycles. The highest BCUT2D eigenvalue weighted by Crippen LogP contribution is 2.41. The van der Waals surface area contributed by atoms with Crippen LogP contribution in [0.2, 0.25) is 10.0 Å². The number of likely N-dealkylation sites (tertiary alicyclic amines) is 1. The number of ether oxygens (including phenoxy) is 2. The standard InChI is InChI=1S/C24H36Cl2N2O3S/c1-8-13-30-20-15-19(26)18(25)14-17(20)21(27-32-24(5,6)7)16-9-11-28(12-10-16)22(29)31-23(2,3)4/h8,14-16,21,27H,1,9-13H2,2-7H3. The molecule has 1 fully saturated rings. The van der Waals surface area contributed by atoms with Crippen LogP contribution in [0.25, 0.3) is 0 Å². The molecule has 1 heterocycles. The molecule has 0 aromatic heterocycles. The minimum atomic E-state index is -0.501. The van der Waals surface area contributed by atoms with Crippen LogP contribution in [0.5, 0.6) is 5.75 Å². The van der Waals surface area contributed by atoms with Gasteiger partial charge in [-0.2, -0.15) is 0 Å². The number of rotatable bonds is 7. The maximum absolute atomic E-state index is 12.5. The van der Waals surface area contributed by atoms with Gasteiger partial charge in [0.2, 0.25) is 0 Å². The van der Waals surface area contributed by atoms with E-state index >= 15 is 0 Å². The number of nitrogens with one attached hydrogen (secondary N) is 1. The van der Waals surface area contributed by atoms with E-state index in [0.29, 0.717) is 35.5 Å². The molecule has 2 rings (SSSR count). The fraction of sp³-hybridized carbons (Fsp3) is 0.625. The van der Waals surface area contributed by atoms with Gasteiger partial charge in [0.25, 0.3) is 0 Å². The van der Waals surface area contributed by atoms with Crippen molar-refractivity contribution in [1.29, 1.82) is 0 Å². The summed E-state index contributed by atoms with van der Waals surface area (Å²) in [6.07, 6.45) is 3.12. The van der Waals surface area contributed by atoms with E-state index in [9.17, 15) is 4.79 Å². The van der Waals surface area contributed by atoms with Crippen LogP contribution < -0.4 is 9.46 Å². The number of benzene rings is 1. The van der Waals surface area contributed by atoms with Gasteiger partial charge in [0, 0.05) is 35.5 Å². The van der Waals surface area contributed by atoms with Gasteiger partial charge in [-0.1, -0.05) is 47.8 Å². The van der Waals surface area contributed by atoms with Crippen molar-refractivity contribution in [3.05, 3.63) is 40.4 Å². The molecule has 0 radical (unpaired) electrons. The lowest BCUT2D eigenvalue weighted by molar-refractivity contribution is 0.0172. The number of hydrogen-bond donors (Lipinski definition) is 1. The van der Waals surface area contributed by atoms with E-state index in [1.54, 1.807) is 29.0 Å². The summed E-state index contributed by atoms with van der Waals surface area (Å²) in [5.41, 5.74) is 0.465. The largest absolute Gasteiger partial charge is 0.489 e. The van der Waals surface area contributed by atoms with Crippen molar-refractivity contribution in [2.45, 2.75) is 70.8 Å². The molecule has 0 spiro atoms. The first-order valence-corrected chi connectivity index (χ1v) is 12.5. The molecule has 8 heteroatoms. The van der Waals surface area contributed by atoms with Gasteiger partial charge in [-0.25, -0.2) is 4.79 Å². The number of carbonyl (C=O) groups excluding carboxylic acids is 1.